The van der Waals surface area contributed by atoms with Crippen LogP contribution in [0.3, 0.4) is 0 Å². The first kappa shape index (κ1) is 22.4. The number of benzene rings is 3. The van der Waals surface area contributed by atoms with E-state index in [0.717, 1.165) is 42.0 Å². The normalized spacial score (nSPS) is 12.9. The summed E-state index contributed by atoms with van der Waals surface area (Å²) < 4.78 is 5.42. The summed E-state index contributed by atoms with van der Waals surface area (Å²) in [7, 11) is 0. The van der Waals surface area contributed by atoms with Gasteiger partial charge in [-0.05, 0) is 79.8 Å². The number of carbonyl (C=O) groups is 2. The van der Waals surface area contributed by atoms with E-state index in [1.807, 2.05) is 78.6 Å². The number of anilines is 3. The molecule has 0 saturated carbocycles. The highest BCUT2D eigenvalue weighted by Gasteiger charge is 2.20. The zero-order valence-corrected chi connectivity index (χ0v) is 18.8. The van der Waals surface area contributed by atoms with E-state index in [0.29, 0.717) is 18.8 Å². The van der Waals surface area contributed by atoms with Gasteiger partial charge in [-0.15, -0.1) is 0 Å². The first-order chi connectivity index (χ1) is 16.1. The van der Waals surface area contributed by atoms with Crippen molar-refractivity contribution < 1.29 is 14.3 Å². The van der Waals surface area contributed by atoms with E-state index in [4.69, 9.17) is 4.74 Å². The number of hydrogen-bond donors (Lipinski definition) is 2. The van der Waals surface area contributed by atoms with Gasteiger partial charge in [0.1, 0.15) is 5.75 Å². The molecule has 170 valence electrons. The summed E-state index contributed by atoms with van der Waals surface area (Å²) >= 11 is 0. The highest BCUT2D eigenvalue weighted by atomic mass is 16.5. The van der Waals surface area contributed by atoms with Gasteiger partial charge in [0.15, 0.2) is 0 Å². The SMILES string of the molecule is CCOc1ccc(NC(=O)Cc2ccc(NC(=O)N3CCCCc4ccccc43)cc2)cc1. The Morgan fingerprint density at radius 3 is 2.33 bits per heavy atom. The molecule has 0 bridgehead atoms. The van der Waals surface area contributed by atoms with Crippen molar-refractivity contribution in [2.75, 3.05) is 28.7 Å². The van der Waals surface area contributed by atoms with E-state index in [9.17, 15) is 9.59 Å². The van der Waals surface area contributed by atoms with Gasteiger partial charge in [0, 0.05) is 23.6 Å². The minimum atomic E-state index is -0.134. The van der Waals surface area contributed by atoms with E-state index in [1.54, 1.807) is 0 Å². The van der Waals surface area contributed by atoms with Gasteiger partial charge in [0.2, 0.25) is 5.91 Å². The molecule has 3 amide bonds. The molecule has 6 heteroatoms. The maximum atomic E-state index is 13.0. The lowest BCUT2D eigenvalue weighted by Crippen LogP contribution is -2.35. The third kappa shape index (κ3) is 5.92. The van der Waals surface area contributed by atoms with Crippen molar-refractivity contribution in [2.24, 2.45) is 0 Å². The molecule has 0 unspecified atom stereocenters. The van der Waals surface area contributed by atoms with Crippen LogP contribution in [0.15, 0.2) is 72.8 Å². The fourth-order valence-corrected chi connectivity index (χ4v) is 3.99. The molecule has 4 rings (SSSR count). The Bertz CT molecular complexity index is 1090. The van der Waals surface area contributed by atoms with Crippen LogP contribution < -0.4 is 20.3 Å². The third-order valence-electron chi connectivity index (χ3n) is 5.62. The zero-order valence-electron chi connectivity index (χ0n) is 18.8. The molecule has 6 nitrogen and oxygen atoms in total. The number of urea groups is 1. The Hall–Kier alpha value is -3.80. The molecule has 0 aliphatic carbocycles. The minimum absolute atomic E-state index is 0.0999. The second-order valence-electron chi connectivity index (χ2n) is 8.05. The van der Waals surface area contributed by atoms with Crippen molar-refractivity contribution in [3.8, 4) is 5.75 Å². The van der Waals surface area contributed by atoms with E-state index in [2.05, 4.69) is 16.7 Å². The molecule has 0 spiro atoms. The number of fused-ring (bicyclic) bond motifs is 1. The molecule has 1 aliphatic heterocycles. The number of para-hydroxylation sites is 1. The molecule has 1 heterocycles. The van der Waals surface area contributed by atoms with Crippen LogP contribution in [0.25, 0.3) is 0 Å². The molecule has 2 N–H and O–H groups in total. The van der Waals surface area contributed by atoms with Crippen molar-refractivity contribution in [3.05, 3.63) is 83.9 Å². The Morgan fingerprint density at radius 2 is 1.58 bits per heavy atom. The lowest BCUT2D eigenvalue weighted by atomic mass is 10.1. The second-order valence-corrected chi connectivity index (χ2v) is 8.05. The summed E-state index contributed by atoms with van der Waals surface area (Å²) in [4.78, 5) is 27.2. The minimum Gasteiger partial charge on any atom is -0.494 e. The van der Waals surface area contributed by atoms with Crippen LogP contribution in [-0.2, 0) is 17.6 Å². The van der Waals surface area contributed by atoms with Crippen molar-refractivity contribution >= 4 is 29.0 Å². The molecule has 33 heavy (non-hydrogen) atoms. The molecule has 0 aromatic heterocycles. The highest BCUT2D eigenvalue weighted by molar-refractivity contribution is 6.02. The van der Waals surface area contributed by atoms with Crippen LogP contribution in [0.1, 0.15) is 30.9 Å². The molecule has 0 radical (unpaired) electrons. The number of amides is 3. The van der Waals surface area contributed by atoms with Gasteiger partial charge < -0.3 is 15.4 Å². The molecule has 3 aromatic rings. The standard InChI is InChI=1S/C27H29N3O3/c1-2-33-24-16-14-22(15-17-24)28-26(31)19-20-10-12-23(13-11-20)29-27(32)30-18-6-5-8-21-7-3-4-9-25(21)30/h3-4,7,9-17H,2,5-6,8,18-19H2,1H3,(H,28,31)(H,29,32). The van der Waals surface area contributed by atoms with Crippen LogP contribution in [0.5, 0.6) is 5.75 Å². The lowest BCUT2D eigenvalue weighted by molar-refractivity contribution is -0.115. The van der Waals surface area contributed by atoms with Crippen LogP contribution in [0.2, 0.25) is 0 Å². The number of carbonyl (C=O) groups excluding carboxylic acids is 2. The van der Waals surface area contributed by atoms with E-state index in [1.165, 1.54) is 5.56 Å². The fraction of sp³-hybridized carbons (Fsp3) is 0.259. The Morgan fingerprint density at radius 1 is 0.879 bits per heavy atom. The van der Waals surface area contributed by atoms with E-state index in [-0.39, 0.29) is 18.4 Å². The maximum Gasteiger partial charge on any atom is 0.326 e. The molecule has 3 aromatic carbocycles. The van der Waals surface area contributed by atoms with Crippen LogP contribution in [0, 0.1) is 0 Å². The quantitative estimate of drug-likeness (QED) is 0.518. The number of nitrogens with one attached hydrogen (secondary N) is 2. The topological polar surface area (TPSA) is 70.7 Å². The predicted octanol–water partition coefficient (Wildman–Crippen LogP) is 5.64. The van der Waals surface area contributed by atoms with Crippen molar-refractivity contribution in [1.82, 2.24) is 0 Å². The third-order valence-corrected chi connectivity index (χ3v) is 5.62. The van der Waals surface area contributed by atoms with Crippen molar-refractivity contribution in [2.45, 2.75) is 32.6 Å². The number of ether oxygens (including phenoxy) is 1. The average molecular weight is 444 g/mol. The summed E-state index contributed by atoms with van der Waals surface area (Å²) in [6.45, 7) is 3.24. The largest absolute Gasteiger partial charge is 0.494 e. The van der Waals surface area contributed by atoms with Gasteiger partial charge in [-0.3, -0.25) is 9.69 Å². The first-order valence-electron chi connectivity index (χ1n) is 11.4. The maximum absolute atomic E-state index is 13.0. The van der Waals surface area contributed by atoms with Crippen LogP contribution in [-0.4, -0.2) is 25.1 Å². The van der Waals surface area contributed by atoms with Crippen LogP contribution in [0.4, 0.5) is 21.9 Å². The number of aryl methyl sites for hydroxylation is 1. The van der Waals surface area contributed by atoms with E-state index >= 15 is 0 Å². The number of nitrogens with zero attached hydrogens (tertiary/aromatic N) is 1. The Balaban J connectivity index is 1.33. The second kappa shape index (κ2) is 10.7. The number of rotatable bonds is 6. The Kier molecular flexibility index (Phi) is 7.25. The van der Waals surface area contributed by atoms with Gasteiger partial charge in [0.25, 0.3) is 0 Å². The monoisotopic (exact) mass is 443 g/mol. The van der Waals surface area contributed by atoms with Gasteiger partial charge >= 0.3 is 6.03 Å². The van der Waals surface area contributed by atoms with Gasteiger partial charge in [0.05, 0.1) is 13.0 Å². The molecule has 0 saturated heterocycles. The molecule has 0 atom stereocenters. The molecule has 0 fully saturated rings. The predicted molar refractivity (Wildman–Crippen MR) is 132 cm³/mol. The smallest absolute Gasteiger partial charge is 0.326 e. The summed E-state index contributed by atoms with van der Waals surface area (Å²) in [6, 6.07) is 22.7. The van der Waals surface area contributed by atoms with Crippen molar-refractivity contribution in [3.63, 3.8) is 0 Å². The Labute approximate surface area is 194 Å². The van der Waals surface area contributed by atoms with Gasteiger partial charge in [-0.1, -0.05) is 30.3 Å². The molecular weight excluding hydrogens is 414 g/mol. The van der Waals surface area contributed by atoms with E-state index < -0.39 is 0 Å². The molecule has 1 aliphatic rings. The number of hydrogen-bond acceptors (Lipinski definition) is 3. The summed E-state index contributed by atoms with van der Waals surface area (Å²) in [6.07, 6.45) is 3.30. The van der Waals surface area contributed by atoms with Gasteiger partial charge in [-0.25, -0.2) is 4.79 Å². The summed E-state index contributed by atoms with van der Waals surface area (Å²) in [5.74, 6) is 0.675. The van der Waals surface area contributed by atoms with Crippen molar-refractivity contribution in [1.29, 1.82) is 0 Å². The lowest BCUT2D eigenvalue weighted by Gasteiger charge is -2.23. The van der Waals surface area contributed by atoms with Gasteiger partial charge in [-0.2, -0.15) is 0 Å². The summed E-state index contributed by atoms with van der Waals surface area (Å²) in [5.41, 5.74) is 4.49. The first-order valence-corrected chi connectivity index (χ1v) is 11.4. The zero-order chi connectivity index (χ0) is 23.0. The highest BCUT2D eigenvalue weighted by Crippen LogP contribution is 2.27. The molecular formula is C27H29N3O3. The van der Waals surface area contributed by atoms with Crippen LogP contribution >= 0.6 is 0 Å². The average Bonchev–Trinajstić information content (AvgIpc) is 3.04. The summed E-state index contributed by atoms with van der Waals surface area (Å²) in [5, 5.41) is 5.88. The fourth-order valence-electron chi connectivity index (χ4n) is 3.99.